The Hall–Kier alpha value is -14.5. The molecule has 9 aromatic rings. The van der Waals surface area contributed by atoms with Crippen molar-refractivity contribution in [1.29, 1.82) is 0 Å². The first-order valence-corrected chi connectivity index (χ1v) is 50.0. The molecule has 13 rings (SSSR count). The summed E-state index contributed by atoms with van der Waals surface area (Å²) in [5.41, 5.74) is 3.41. The maximum atomic E-state index is 13.1. The van der Waals surface area contributed by atoms with Gasteiger partial charge in [-0.15, -0.1) is 0 Å². The van der Waals surface area contributed by atoms with Gasteiger partial charge in [-0.1, -0.05) is 72.1 Å². The molecule has 0 N–H and O–H groups in total. The minimum atomic E-state index is -0.702. The van der Waals surface area contributed by atoms with Gasteiger partial charge in [0, 0.05) is 30.7 Å². The van der Waals surface area contributed by atoms with E-state index in [1.165, 1.54) is 56.7 Å². The Morgan fingerprint density at radius 2 is 0.541 bits per heavy atom. The number of aryl methyl sites for hydroxylation is 2. The third kappa shape index (κ3) is 39.6. The van der Waals surface area contributed by atoms with Crippen molar-refractivity contribution in [2.75, 3.05) is 99.1 Å². The van der Waals surface area contributed by atoms with Crippen LogP contribution in [0.1, 0.15) is 235 Å². The first kappa shape index (κ1) is 112. The van der Waals surface area contributed by atoms with Gasteiger partial charge in [0.15, 0.2) is 11.5 Å². The monoisotopic (exact) mass is 2000 g/mol. The van der Waals surface area contributed by atoms with E-state index < -0.39 is 59.7 Å². The van der Waals surface area contributed by atoms with Gasteiger partial charge in [-0.05, 0) is 322 Å². The molecule has 4 fully saturated rings. The van der Waals surface area contributed by atoms with Gasteiger partial charge in [0.1, 0.15) is 63.2 Å². The molecule has 0 spiro atoms. The summed E-state index contributed by atoms with van der Waals surface area (Å²) in [4.78, 5) is 123. The number of rotatable bonds is 61. The number of benzene rings is 9. The smallest absolute Gasteiger partial charge is 0.343 e. The van der Waals surface area contributed by atoms with E-state index in [4.69, 9.17) is 94.7 Å². The van der Waals surface area contributed by atoms with Gasteiger partial charge in [-0.2, -0.15) is 0 Å². The highest BCUT2D eigenvalue weighted by atomic mass is 16.6. The summed E-state index contributed by atoms with van der Waals surface area (Å²) in [7, 11) is 0. The van der Waals surface area contributed by atoms with Crippen LogP contribution in [0.5, 0.6) is 74.7 Å². The summed E-state index contributed by atoms with van der Waals surface area (Å²) in [5.74, 6) is -0.0763. The Labute approximate surface area is 852 Å². The van der Waals surface area contributed by atoms with Crippen LogP contribution in [0.3, 0.4) is 0 Å². The van der Waals surface area contributed by atoms with Crippen LogP contribution >= 0.6 is 0 Å². The second-order valence-corrected chi connectivity index (χ2v) is 35.8. The van der Waals surface area contributed by atoms with E-state index in [0.717, 1.165) is 133 Å². The topological polar surface area (TPSA) is 362 Å². The molecular weight excluding hydrogens is 1870 g/mol. The fourth-order valence-corrected chi connectivity index (χ4v) is 14.7. The van der Waals surface area contributed by atoms with Gasteiger partial charge in [-0.25, -0.2) is 43.2 Å². The van der Waals surface area contributed by atoms with Crippen LogP contribution in [0.4, 0.5) is 0 Å². The number of epoxide rings is 2. The van der Waals surface area contributed by atoms with Crippen molar-refractivity contribution in [3.05, 3.63) is 283 Å². The standard InChI is InChI=1S/C40H44O12.C39H44O10.C37H44O8/c1-4-35(41)47-20-8-7-9-36(42)51-34-21-32(50-37(43)28-10-14-30(15-11-28)48-26-39(5-2)22-45-23-39)18-19-33(34)52-38(44)29-12-16-31(17-13-29)49-27-40(6-3)24-46-25-40;1-4-36(40)46-26-12-8-6-10-24-44-32-18-14-30(15-19-32)38(42)48-34-22-23-35(29(3)28-34)49-39(43)31-16-20-33(21-17-31)45-25-11-7-9-13-27-47-37(41)5-2;1-27-24-32(44-36(38)28-12-16-30(17-13-28)40-22-8-4-2-6-10-33-25-42-33)20-21-35(27)45-37(39)29-14-18-31(19-15-29)41-23-9-5-3-7-11-34-26-43-34/h4,10-19,21H,1,5-9,20,22-27H2,2-3H3;4-5,14-23,28H,1-2,6-13,24-27H2,3H3;12-21,24,33-34H,2-11,22-23,25-26H2,1H3. The van der Waals surface area contributed by atoms with E-state index in [0.29, 0.717) is 184 Å². The van der Waals surface area contributed by atoms with E-state index in [2.05, 4.69) is 33.6 Å². The minimum absolute atomic E-state index is 0.00730. The Kier molecular flexibility index (Phi) is 46.2. The third-order valence-corrected chi connectivity index (χ3v) is 24.2. The predicted octanol–water partition coefficient (Wildman–Crippen LogP) is 22.2. The third-order valence-electron chi connectivity index (χ3n) is 24.2. The summed E-state index contributed by atoms with van der Waals surface area (Å²) >= 11 is 0. The van der Waals surface area contributed by atoms with E-state index in [1.807, 2.05) is 0 Å². The lowest BCUT2D eigenvalue weighted by Gasteiger charge is -2.40. The van der Waals surface area contributed by atoms with Crippen molar-refractivity contribution in [3.63, 3.8) is 0 Å². The van der Waals surface area contributed by atoms with E-state index in [-0.39, 0.29) is 52.2 Å². The predicted molar refractivity (Wildman–Crippen MR) is 543 cm³/mol. The van der Waals surface area contributed by atoms with Gasteiger partial charge < -0.3 is 94.7 Å². The quantitative estimate of drug-likeness (QED) is 0.00853. The van der Waals surface area contributed by atoms with Gasteiger partial charge in [0.05, 0.1) is 156 Å². The number of ether oxygens (including phenoxy) is 20. The van der Waals surface area contributed by atoms with Crippen LogP contribution in [-0.2, 0) is 52.3 Å². The van der Waals surface area contributed by atoms with Gasteiger partial charge in [-0.3, -0.25) is 4.79 Å². The van der Waals surface area contributed by atoms with Crippen LogP contribution in [0, 0.1) is 24.7 Å². The first-order valence-electron chi connectivity index (χ1n) is 50.0. The molecule has 0 aliphatic carbocycles. The summed E-state index contributed by atoms with van der Waals surface area (Å²) in [5, 5.41) is 0. The van der Waals surface area contributed by atoms with Gasteiger partial charge in [0.2, 0.25) is 0 Å². The molecule has 0 radical (unpaired) electrons. The molecule has 2 unspecified atom stereocenters. The molecule has 4 aliphatic heterocycles. The van der Waals surface area contributed by atoms with Crippen molar-refractivity contribution >= 4 is 59.7 Å². The van der Waals surface area contributed by atoms with Gasteiger partial charge >= 0.3 is 59.7 Å². The zero-order valence-electron chi connectivity index (χ0n) is 83.7. The van der Waals surface area contributed by atoms with Crippen LogP contribution in [-0.4, -0.2) is 171 Å². The minimum Gasteiger partial charge on any atom is -0.494 e. The van der Waals surface area contributed by atoms with Crippen molar-refractivity contribution in [2.24, 2.45) is 10.8 Å². The zero-order chi connectivity index (χ0) is 104. The molecule has 0 saturated carbocycles. The number of carbonyl (C=O) groups excluding carboxylic acids is 10. The first-order chi connectivity index (χ1) is 71.0. The lowest BCUT2D eigenvalue weighted by atomic mass is 9.84. The SMILES string of the molecule is C=CC(=O)OCCCCC(=O)Oc1cc(OC(=O)c2ccc(OCC3(CC)COC3)cc2)ccc1OC(=O)c1ccc(OCC2(CC)COC2)cc1.C=CC(=O)OCCCCCCOc1ccc(C(=O)Oc2ccc(OC(=O)c3ccc(OCCCCCCOC(=O)C=C)cc3)c(C)c2)cc1.Cc1cc(OC(=O)c2ccc(OCCCCCCC3CO3)cc2)ccc1OC(=O)c1ccc(OCCCCCCC2CO2)cc1. The van der Waals surface area contributed by atoms with E-state index in [9.17, 15) is 47.9 Å². The molecule has 776 valence electrons. The molecule has 0 amide bonds. The van der Waals surface area contributed by atoms with Crippen molar-refractivity contribution in [1.82, 2.24) is 0 Å². The highest BCUT2D eigenvalue weighted by Gasteiger charge is 2.39. The molecule has 4 heterocycles. The fourth-order valence-electron chi connectivity index (χ4n) is 14.7. The lowest BCUT2D eigenvalue weighted by Crippen LogP contribution is -2.46. The summed E-state index contributed by atoms with van der Waals surface area (Å²) in [6, 6.07) is 54.2. The Balaban J connectivity index is 0.000000209. The maximum absolute atomic E-state index is 13.1. The average Bonchev–Trinajstić information content (AvgIpc) is 1.15. The normalized spacial score (nSPS) is 14.0. The molecule has 4 aliphatic rings. The molecule has 30 nitrogen and oxygen atoms in total. The van der Waals surface area contributed by atoms with E-state index in [1.54, 1.807) is 196 Å². The second kappa shape index (κ2) is 60.3. The molecule has 4 saturated heterocycles. The average molecular weight is 2010 g/mol. The lowest BCUT2D eigenvalue weighted by molar-refractivity contribution is -0.139. The van der Waals surface area contributed by atoms with Crippen LogP contribution in [0.2, 0.25) is 0 Å². The molecule has 146 heavy (non-hydrogen) atoms. The number of carbonyl (C=O) groups is 10. The largest absolute Gasteiger partial charge is 0.494 e. The second-order valence-electron chi connectivity index (χ2n) is 35.8. The molecule has 30 heteroatoms. The molecule has 2 atom stereocenters. The number of esters is 10. The Morgan fingerprint density at radius 1 is 0.288 bits per heavy atom. The van der Waals surface area contributed by atoms with Crippen LogP contribution < -0.4 is 61.6 Å². The summed E-state index contributed by atoms with van der Waals surface area (Å²) < 4.78 is 110. The number of hydrogen-bond acceptors (Lipinski definition) is 30. The fraction of sp³-hybridized carbons (Fsp3) is 0.397. The maximum Gasteiger partial charge on any atom is 0.343 e. The highest BCUT2D eigenvalue weighted by molar-refractivity contribution is 5.95. The molecule has 0 bridgehead atoms. The Morgan fingerprint density at radius 3 is 0.815 bits per heavy atom. The van der Waals surface area contributed by atoms with Crippen LogP contribution in [0.15, 0.2) is 238 Å². The zero-order valence-corrected chi connectivity index (χ0v) is 83.7. The van der Waals surface area contributed by atoms with Crippen molar-refractivity contribution in [3.8, 4) is 74.7 Å². The van der Waals surface area contributed by atoms with E-state index >= 15 is 0 Å². The molecule has 0 aromatic heterocycles. The Bertz CT molecular complexity index is 5690. The molecular formula is C116H132O30. The molecule has 9 aromatic carbocycles. The number of hydrogen-bond donors (Lipinski definition) is 0. The van der Waals surface area contributed by atoms with Crippen LogP contribution in [0.25, 0.3) is 0 Å². The summed E-state index contributed by atoms with van der Waals surface area (Å²) in [6.07, 6.45) is 25.5. The summed E-state index contributed by atoms with van der Waals surface area (Å²) in [6.45, 7) is 26.6. The van der Waals surface area contributed by atoms with Crippen molar-refractivity contribution in [2.45, 2.75) is 188 Å². The highest BCUT2D eigenvalue weighted by Crippen LogP contribution is 2.38. The van der Waals surface area contributed by atoms with Gasteiger partial charge in [0.25, 0.3) is 0 Å². The number of unbranched alkanes of at least 4 members (excludes halogenated alkanes) is 13. The van der Waals surface area contributed by atoms with Crippen molar-refractivity contribution < 1.29 is 143 Å².